The Hall–Kier alpha value is -2.20. The van der Waals surface area contributed by atoms with Gasteiger partial charge in [0.15, 0.2) is 0 Å². The highest BCUT2D eigenvalue weighted by Gasteiger charge is 1.98. The van der Waals surface area contributed by atoms with E-state index in [0.29, 0.717) is 0 Å². The van der Waals surface area contributed by atoms with Gasteiger partial charge in [-0.2, -0.15) is 0 Å². The molecule has 2 rings (SSSR count). The maximum atomic E-state index is 5.87. The van der Waals surface area contributed by atoms with Crippen LogP contribution >= 0.6 is 0 Å². The largest absolute Gasteiger partial charge is 0.497 e. The van der Waals surface area contributed by atoms with Gasteiger partial charge in [-0.15, -0.1) is 0 Å². The molecular formula is C23H34N2O2. The van der Waals surface area contributed by atoms with Crippen molar-refractivity contribution < 1.29 is 9.47 Å². The molecule has 2 aromatic carbocycles. The van der Waals surface area contributed by atoms with Crippen molar-refractivity contribution in [2.24, 2.45) is 0 Å². The standard InChI is InChI=1S/C23H34N2O2/c1-3-4-5-6-7-17-27-23-10-8-9-21(18-23)25-16-15-24-19-20-11-13-22(26-2)14-12-20/h8-14,18,24-25H,3-7,15-17,19H2,1-2H3. The van der Waals surface area contributed by atoms with Crippen LogP contribution in [0.25, 0.3) is 0 Å². The molecular weight excluding hydrogens is 336 g/mol. The first-order valence-corrected chi connectivity index (χ1v) is 10.1. The minimum atomic E-state index is 0.802. The number of hydrogen-bond acceptors (Lipinski definition) is 4. The van der Waals surface area contributed by atoms with E-state index in [1.807, 2.05) is 24.3 Å². The molecule has 2 N–H and O–H groups in total. The fraction of sp³-hybridized carbons (Fsp3) is 0.478. The molecule has 0 aromatic heterocycles. The summed E-state index contributed by atoms with van der Waals surface area (Å²) in [4.78, 5) is 0. The molecule has 0 aliphatic carbocycles. The third kappa shape index (κ3) is 8.83. The highest BCUT2D eigenvalue weighted by atomic mass is 16.5. The van der Waals surface area contributed by atoms with E-state index in [0.717, 1.165) is 49.8 Å². The van der Waals surface area contributed by atoms with Gasteiger partial charge in [0.2, 0.25) is 0 Å². The number of hydrogen-bond donors (Lipinski definition) is 2. The van der Waals surface area contributed by atoms with E-state index in [2.05, 4.69) is 41.8 Å². The van der Waals surface area contributed by atoms with Crippen LogP contribution in [0.4, 0.5) is 5.69 Å². The maximum absolute atomic E-state index is 5.87. The number of nitrogens with one attached hydrogen (secondary N) is 2. The molecule has 0 aliphatic rings. The lowest BCUT2D eigenvalue weighted by atomic mass is 10.2. The maximum Gasteiger partial charge on any atom is 0.121 e. The van der Waals surface area contributed by atoms with E-state index in [1.165, 1.54) is 31.2 Å². The molecule has 148 valence electrons. The van der Waals surface area contributed by atoms with Crippen LogP contribution in [0.1, 0.15) is 44.6 Å². The monoisotopic (exact) mass is 370 g/mol. The first kappa shape index (κ1) is 21.1. The SMILES string of the molecule is CCCCCCCOc1cccc(NCCNCc2ccc(OC)cc2)c1. The fourth-order valence-corrected chi connectivity index (χ4v) is 2.86. The van der Waals surface area contributed by atoms with Crippen LogP contribution < -0.4 is 20.1 Å². The van der Waals surface area contributed by atoms with Crippen molar-refractivity contribution in [3.8, 4) is 11.5 Å². The van der Waals surface area contributed by atoms with Crippen LogP contribution in [-0.4, -0.2) is 26.8 Å². The molecule has 0 amide bonds. The van der Waals surface area contributed by atoms with Gasteiger partial charge >= 0.3 is 0 Å². The van der Waals surface area contributed by atoms with Crippen LogP contribution in [0.2, 0.25) is 0 Å². The van der Waals surface area contributed by atoms with E-state index in [-0.39, 0.29) is 0 Å². The van der Waals surface area contributed by atoms with Gasteiger partial charge in [0.05, 0.1) is 13.7 Å². The third-order valence-corrected chi connectivity index (χ3v) is 4.47. The molecule has 0 unspecified atom stereocenters. The van der Waals surface area contributed by atoms with Gasteiger partial charge in [-0.25, -0.2) is 0 Å². The molecule has 0 aliphatic heterocycles. The first-order valence-electron chi connectivity index (χ1n) is 10.1. The molecule has 2 aromatic rings. The average Bonchev–Trinajstić information content (AvgIpc) is 2.71. The Bertz CT molecular complexity index is 629. The summed E-state index contributed by atoms with van der Waals surface area (Å²) in [6.45, 7) is 5.66. The number of anilines is 1. The van der Waals surface area contributed by atoms with E-state index in [9.17, 15) is 0 Å². The van der Waals surface area contributed by atoms with Crippen molar-refractivity contribution in [1.29, 1.82) is 0 Å². The molecule has 0 saturated carbocycles. The Morgan fingerprint density at radius 3 is 2.44 bits per heavy atom. The Balaban J connectivity index is 1.59. The summed E-state index contributed by atoms with van der Waals surface area (Å²) >= 11 is 0. The predicted molar refractivity (Wildman–Crippen MR) is 114 cm³/mol. The van der Waals surface area contributed by atoms with Crippen LogP contribution in [0, 0.1) is 0 Å². The van der Waals surface area contributed by atoms with Gasteiger partial charge in [-0.3, -0.25) is 0 Å². The van der Waals surface area contributed by atoms with Crippen molar-refractivity contribution in [2.45, 2.75) is 45.6 Å². The minimum Gasteiger partial charge on any atom is -0.497 e. The molecule has 0 atom stereocenters. The lowest BCUT2D eigenvalue weighted by molar-refractivity contribution is 0.304. The van der Waals surface area contributed by atoms with E-state index < -0.39 is 0 Å². The summed E-state index contributed by atoms with van der Waals surface area (Å²) in [6, 6.07) is 16.4. The Kier molecular flexibility index (Phi) is 10.2. The number of unbranched alkanes of at least 4 members (excludes halogenated alkanes) is 4. The van der Waals surface area contributed by atoms with Crippen LogP contribution in [0.5, 0.6) is 11.5 Å². The van der Waals surface area contributed by atoms with Crippen LogP contribution in [-0.2, 0) is 6.54 Å². The number of methoxy groups -OCH3 is 1. The smallest absolute Gasteiger partial charge is 0.121 e. The summed E-state index contributed by atoms with van der Waals surface area (Å²) < 4.78 is 11.0. The number of rotatable bonds is 14. The first-order chi connectivity index (χ1) is 13.3. The summed E-state index contributed by atoms with van der Waals surface area (Å²) in [5.41, 5.74) is 2.36. The third-order valence-electron chi connectivity index (χ3n) is 4.47. The Morgan fingerprint density at radius 1 is 0.852 bits per heavy atom. The van der Waals surface area contributed by atoms with Crippen molar-refractivity contribution in [3.63, 3.8) is 0 Å². The van der Waals surface area contributed by atoms with E-state index in [4.69, 9.17) is 9.47 Å². The van der Waals surface area contributed by atoms with Crippen molar-refractivity contribution in [2.75, 3.05) is 32.1 Å². The second-order valence-electron chi connectivity index (χ2n) is 6.74. The molecule has 4 nitrogen and oxygen atoms in total. The van der Waals surface area contributed by atoms with Crippen LogP contribution in [0.15, 0.2) is 48.5 Å². The van der Waals surface area contributed by atoms with E-state index in [1.54, 1.807) is 7.11 Å². The van der Waals surface area contributed by atoms with Crippen LogP contribution in [0.3, 0.4) is 0 Å². The zero-order chi connectivity index (χ0) is 19.2. The van der Waals surface area contributed by atoms with Crippen molar-refractivity contribution >= 4 is 5.69 Å². The highest BCUT2D eigenvalue weighted by molar-refractivity contribution is 5.48. The lowest BCUT2D eigenvalue weighted by Gasteiger charge is -2.11. The van der Waals surface area contributed by atoms with Crippen molar-refractivity contribution in [3.05, 3.63) is 54.1 Å². The molecule has 0 spiro atoms. The molecule has 0 fully saturated rings. The normalized spacial score (nSPS) is 10.6. The summed E-state index contributed by atoms with van der Waals surface area (Å²) in [5.74, 6) is 1.84. The number of benzene rings is 2. The van der Waals surface area contributed by atoms with Crippen molar-refractivity contribution in [1.82, 2.24) is 5.32 Å². The zero-order valence-electron chi connectivity index (χ0n) is 16.8. The molecule has 0 heterocycles. The predicted octanol–water partition coefficient (Wildman–Crippen LogP) is 5.25. The molecule has 0 saturated heterocycles. The average molecular weight is 371 g/mol. The zero-order valence-corrected chi connectivity index (χ0v) is 16.8. The molecule has 27 heavy (non-hydrogen) atoms. The number of ether oxygens (including phenoxy) is 2. The summed E-state index contributed by atoms with van der Waals surface area (Å²) in [7, 11) is 1.69. The highest BCUT2D eigenvalue weighted by Crippen LogP contribution is 2.17. The lowest BCUT2D eigenvalue weighted by Crippen LogP contribution is -2.21. The second kappa shape index (κ2) is 13.0. The Labute approximate surface area is 164 Å². The summed E-state index contributed by atoms with van der Waals surface area (Å²) in [5, 5.41) is 6.89. The second-order valence-corrected chi connectivity index (χ2v) is 6.74. The van der Waals surface area contributed by atoms with Gasteiger partial charge < -0.3 is 20.1 Å². The quantitative estimate of drug-likeness (QED) is 0.446. The van der Waals surface area contributed by atoms with Gasteiger partial charge in [0, 0.05) is 31.4 Å². The van der Waals surface area contributed by atoms with Gasteiger partial charge in [0.1, 0.15) is 11.5 Å². The minimum absolute atomic E-state index is 0.802. The topological polar surface area (TPSA) is 42.5 Å². The molecule has 0 radical (unpaired) electrons. The van der Waals surface area contributed by atoms with Gasteiger partial charge in [-0.1, -0.05) is 50.8 Å². The van der Waals surface area contributed by atoms with Gasteiger partial charge in [-0.05, 0) is 36.2 Å². The van der Waals surface area contributed by atoms with Gasteiger partial charge in [0.25, 0.3) is 0 Å². The van der Waals surface area contributed by atoms with E-state index >= 15 is 0 Å². The molecule has 4 heteroatoms. The molecule has 0 bridgehead atoms. The fourth-order valence-electron chi connectivity index (χ4n) is 2.86. The summed E-state index contributed by atoms with van der Waals surface area (Å²) in [6.07, 6.45) is 6.30. The Morgan fingerprint density at radius 2 is 1.67 bits per heavy atom.